The first kappa shape index (κ1) is 13.5. The summed E-state index contributed by atoms with van der Waals surface area (Å²) >= 11 is 0. The first-order valence-corrected chi connectivity index (χ1v) is 5.74. The highest BCUT2D eigenvalue weighted by Crippen LogP contribution is 2.28. The summed E-state index contributed by atoms with van der Waals surface area (Å²) in [7, 11) is 0. The maximum Gasteiger partial charge on any atom is 0.310 e. The molecule has 1 N–H and O–H groups in total. The van der Waals surface area contributed by atoms with Gasteiger partial charge in [0.2, 0.25) is 0 Å². The summed E-state index contributed by atoms with van der Waals surface area (Å²) in [5, 5.41) is 20.0. The van der Waals surface area contributed by atoms with Crippen LogP contribution in [-0.2, 0) is 6.61 Å². The van der Waals surface area contributed by atoms with E-state index >= 15 is 0 Å². The largest absolute Gasteiger partial charge is 0.508 e. The molecule has 0 unspecified atom stereocenters. The average Bonchev–Trinajstić information content (AvgIpc) is 2.46. The topological polar surface area (TPSA) is 89.7 Å². The third-order valence-corrected chi connectivity index (χ3v) is 2.65. The number of benzene rings is 2. The van der Waals surface area contributed by atoms with Crippen LogP contribution in [0.1, 0.15) is 15.9 Å². The molecule has 2 aromatic carbocycles. The standard InChI is InChI=1S/C14H11NO5/c16-8-11-3-6-13(15(18)19)14(7-11)20-9-10-1-4-12(17)5-2-10/h1-8,17H,9H2. The van der Waals surface area contributed by atoms with Gasteiger partial charge in [-0.1, -0.05) is 12.1 Å². The van der Waals surface area contributed by atoms with Crippen molar-refractivity contribution in [2.24, 2.45) is 0 Å². The summed E-state index contributed by atoms with van der Waals surface area (Å²) in [5.41, 5.74) is 0.847. The lowest BCUT2D eigenvalue weighted by Gasteiger charge is -2.07. The van der Waals surface area contributed by atoms with E-state index in [4.69, 9.17) is 9.84 Å². The first-order valence-electron chi connectivity index (χ1n) is 5.74. The van der Waals surface area contributed by atoms with Crippen molar-refractivity contribution < 1.29 is 19.6 Å². The molecule has 0 heterocycles. The van der Waals surface area contributed by atoms with Crippen LogP contribution in [0.2, 0.25) is 0 Å². The molecule has 102 valence electrons. The summed E-state index contributed by atoms with van der Waals surface area (Å²) < 4.78 is 5.38. The van der Waals surface area contributed by atoms with E-state index in [9.17, 15) is 14.9 Å². The Balaban J connectivity index is 2.20. The highest BCUT2D eigenvalue weighted by molar-refractivity contribution is 5.76. The number of hydrogen-bond acceptors (Lipinski definition) is 5. The quantitative estimate of drug-likeness (QED) is 0.514. The van der Waals surface area contributed by atoms with Crippen molar-refractivity contribution in [3.05, 3.63) is 63.7 Å². The molecule has 0 aliphatic rings. The third-order valence-electron chi connectivity index (χ3n) is 2.65. The van der Waals surface area contributed by atoms with E-state index in [1.165, 1.54) is 30.3 Å². The number of carbonyl (C=O) groups excluding carboxylic acids is 1. The van der Waals surface area contributed by atoms with E-state index in [0.29, 0.717) is 11.8 Å². The van der Waals surface area contributed by atoms with Gasteiger partial charge in [0, 0.05) is 11.6 Å². The highest BCUT2D eigenvalue weighted by atomic mass is 16.6. The second kappa shape index (κ2) is 5.83. The van der Waals surface area contributed by atoms with Crippen LogP contribution in [0.15, 0.2) is 42.5 Å². The van der Waals surface area contributed by atoms with Crippen LogP contribution in [-0.4, -0.2) is 16.3 Å². The maximum absolute atomic E-state index is 10.9. The molecule has 0 aromatic heterocycles. The first-order chi connectivity index (χ1) is 9.60. The number of phenolic OH excluding ortho intramolecular Hbond substituents is 1. The molecule has 2 rings (SSSR count). The van der Waals surface area contributed by atoms with Crippen molar-refractivity contribution in [2.75, 3.05) is 0 Å². The van der Waals surface area contributed by atoms with Crippen LogP contribution in [0.25, 0.3) is 0 Å². The van der Waals surface area contributed by atoms with Gasteiger partial charge in [-0.2, -0.15) is 0 Å². The molecule has 0 spiro atoms. The highest BCUT2D eigenvalue weighted by Gasteiger charge is 2.15. The number of hydrogen-bond donors (Lipinski definition) is 1. The van der Waals surface area contributed by atoms with Crippen LogP contribution >= 0.6 is 0 Å². The fourth-order valence-corrected chi connectivity index (χ4v) is 1.62. The fourth-order valence-electron chi connectivity index (χ4n) is 1.62. The molecule has 0 aliphatic carbocycles. The van der Waals surface area contributed by atoms with Crippen LogP contribution in [0.5, 0.6) is 11.5 Å². The monoisotopic (exact) mass is 273 g/mol. The van der Waals surface area contributed by atoms with Crippen LogP contribution in [0.3, 0.4) is 0 Å². The van der Waals surface area contributed by atoms with Crippen molar-refractivity contribution in [3.63, 3.8) is 0 Å². The summed E-state index contributed by atoms with van der Waals surface area (Å²) in [6.07, 6.45) is 0.594. The zero-order valence-corrected chi connectivity index (χ0v) is 10.4. The smallest absolute Gasteiger partial charge is 0.310 e. The zero-order chi connectivity index (χ0) is 14.5. The van der Waals surface area contributed by atoms with Gasteiger partial charge in [0.1, 0.15) is 18.6 Å². The molecule has 0 radical (unpaired) electrons. The molecule has 0 aliphatic heterocycles. The lowest BCUT2D eigenvalue weighted by atomic mass is 10.2. The Morgan fingerprint density at radius 3 is 2.50 bits per heavy atom. The average molecular weight is 273 g/mol. The molecule has 0 fully saturated rings. The summed E-state index contributed by atoms with van der Waals surface area (Å²) in [5.74, 6) is 0.162. The number of ether oxygens (including phenoxy) is 1. The van der Waals surface area contributed by atoms with E-state index in [-0.39, 0.29) is 23.8 Å². The molecule has 0 bridgehead atoms. The molecule has 2 aromatic rings. The number of aldehydes is 1. The Bertz CT molecular complexity index is 637. The Morgan fingerprint density at radius 1 is 1.20 bits per heavy atom. The molecular weight excluding hydrogens is 262 g/mol. The molecule has 0 saturated carbocycles. The van der Waals surface area contributed by atoms with Gasteiger partial charge in [0.25, 0.3) is 0 Å². The Hall–Kier alpha value is -2.89. The van der Waals surface area contributed by atoms with Gasteiger partial charge >= 0.3 is 5.69 Å². The second-order valence-corrected chi connectivity index (χ2v) is 4.06. The molecule has 6 nitrogen and oxygen atoms in total. The number of phenols is 1. The van der Waals surface area contributed by atoms with E-state index in [0.717, 1.165) is 5.56 Å². The predicted molar refractivity (Wildman–Crippen MR) is 70.9 cm³/mol. The molecule has 6 heteroatoms. The van der Waals surface area contributed by atoms with Gasteiger partial charge in [-0.25, -0.2) is 0 Å². The molecule has 0 amide bonds. The van der Waals surface area contributed by atoms with E-state index < -0.39 is 4.92 Å². The van der Waals surface area contributed by atoms with Crippen molar-refractivity contribution >= 4 is 12.0 Å². The SMILES string of the molecule is O=Cc1ccc([N+](=O)[O-])c(OCc2ccc(O)cc2)c1. The van der Waals surface area contributed by atoms with Gasteiger partial charge < -0.3 is 9.84 Å². The summed E-state index contributed by atoms with van der Waals surface area (Å²) in [6, 6.07) is 10.2. The Kier molecular flexibility index (Phi) is 3.95. The van der Waals surface area contributed by atoms with Gasteiger partial charge in [-0.15, -0.1) is 0 Å². The fraction of sp³-hybridized carbons (Fsp3) is 0.0714. The van der Waals surface area contributed by atoms with Crippen molar-refractivity contribution in [1.29, 1.82) is 0 Å². The number of rotatable bonds is 5. The molecule has 20 heavy (non-hydrogen) atoms. The van der Waals surface area contributed by atoms with E-state index in [1.54, 1.807) is 12.1 Å². The maximum atomic E-state index is 10.9. The summed E-state index contributed by atoms with van der Waals surface area (Å²) in [4.78, 5) is 21.0. The Labute approximate surface area is 114 Å². The van der Waals surface area contributed by atoms with Crippen molar-refractivity contribution in [2.45, 2.75) is 6.61 Å². The normalized spacial score (nSPS) is 10.0. The number of nitrogens with zero attached hydrogens (tertiary/aromatic N) is 1. The number of nitro groups is 1. The zero-order valence-electron chi connectivity index (χ0n) is 10.4. The minimum Gasteiger partial charge on any atom is -0.508 e. The summed E-state index contributed by atoms with van der Waals surface area (Å²) in [6.45, 7) is 0.101. The number of carbonyl (C=O) groups is 1. The molecule has 0 saturated heterocycles. The molecule has 0 atom stereocenters. The third kappa shape index (κ3) is 3.11. The lowest BCUT2D eigenvalue weighted by Crippen LogP contribution is -2.00. The Morgan fingerprint density at radius 2 is 1.90 bits per heavy atom. The van der Waals surface area contributed by atoms with E-state index in [1.807, 2.05) is 0 Å². The van der Waals surface area contributed by atoms with Gasteiger partial charge in [-0.05, 0) is 29.8 Å². The second-order valence-electron chi connectivity index (χ2n) is 4.06. The van der Waals surface area contributed by atoms with Crippen LogP contribution < -0.4 is 4.74 Å². The van der Waals surface area contributed by atoms with Crippen molar-refractivity contribution in [1.82, 2.24) is 0 Å². The minimum absolute atomic E-state index is 0.0349. The van der Waals surface area contributed by atoms with Gasteiger partial charge in [0.05, 0.1) is 4.92 Å². The van der Waals surface area contributed by atoms with Gasteiger partial charge in [-0.3, -0.25) is 14.9 Å². The van der Waals surface area contributed by atoms with E-state index in [2.05, 4.69) is 0 Å². The van der Waals surface area contributed by atoms with Gasteiger partial charge in [0.15, 0.2) is 5.75 Å². The number of nitro benzene ring substituents is 1. The molecular formula is C14H11NO5. The minimum atomic E-state index is -0.569. The van der Waals surface area contributed by atoms with Crippen LogP contribution in [0.4, 0.5) is 5.69 Å². The van der Waals surface area contributed by atoms with Crippen molar-refractivity contribution in [3.8, 4) is 11.5 Å². The number of aromatic hydroxyl groups is 1. The van der Waals surface area contributed by atoms with Crippen LogP contribution in [0, 0.1) is 10.1 Å². The lowest BCUT2D eigenvalue weighted by molar-refractivity contribution is -0.385. The predicted octanol–water partition coefficient (Wildman–Crippen LogP) is 2.69.